The molecule has 0 aliphatic heterocycles. The summed E-state index contributed by atoms with van der Waals surface area (Å²) >= 11 is 3.37. The van der Waals surface area contributed by atoms with E-state index in [4.69, 9.17) is 4.74 Å². The van der Waals surface area contributed by atoms with Gasteiger partial charge in [0.25, 0.3) is 5.91 Å². The first-order chi connectivity index (χ1) is 14.2. The van der Waals surface area contributed by atoms with Crippen molar-refractivity contribution in [3.8, 4) is 5.75 Å². The van der Waals surface area contributed by atoms with Crippen LogP contribution in [0.15, 0.2) is 71.5 Å². The fourth-order valence-corrected chi connectivity index (χ4v) is 3.44. The van der Waals surface area contributed by atoms with E-state index in [1.807, 2.05) is 30.3 Å². The highest BCUT2D eigenvalue weighted by molar-refractivity contribution is 9.09. The van der Waals surface area contributed by atoms with E-state index in [-0.39, 0.29) is 11.3 Å². The van der Waals surface area contributed by atoms with Crippen molar-refractivity contribution >= 4 is 49.3 Å². The number of carbonyl (C=O) groups is 1. The fraction of sp³-hybridized carbons (Fsp3) is 0.130. The molecule has 29 heavy (non-hydrogen) atoms. The van der Waals surface area contributed by atoms with Gasteiger partial charge in [-0.1, -0.05) is 34.1 Å². The van der Waals surface area contributed by atoms with Crippen LogP contribution in [0, 0.1) is 0 Å². The van der Waals surface area contributed by atoms with Gasteiger partial charge in [0.1, 0.15) is 5.75 Å². The van der Waals surface area contributed by atoms with Crippen LogP contribution in [0.3, 0.4) is 0 Å². The third-order valence-electron chi connectivity index (χ3n) is 4.64. The number of ether oxygens (including phenoxy) is 1. The Kier molecular flexibility index (Phi) is 5.62. The summed E-state index contributed by atoms with van der Waals surface area (Å²) in [6.07, 6.45) is 0.923. The minimum absolute atomic E-state index is 0.0889. The van der Waals surface area contributed by atoms with E-state index >= 15 is 0 Å². The number of H-pyrrole nitrogens is 1. The lowest BCUT2D eigenvalue weighted by molar-refractivity contribution is 0.102. The fourth-order valence-electron chi connectivity index (χ4n) is 3.21. The zero-order chi connectivity index (χ0) is 20.2. The molecule has 0 bridgehead atoms. The van der Waals surface area contributed by atoms with E-state index in [9.17, 15) is 9.59 Å². The Morgan fingerprint density at radius 3 is 2.52 bits per heavy atom. The van der Waals surface area contributed by atoms with E-state index < -0.39 is 0 Å². The van der Waals surface area contributed by atoms with Gasteiger partial charge < -0.3 is 15.0 Å². The monoisotopic (exact) mass is 450 g/mol. The molecule has 0 spiro atoms. The minimum atomic E-state index is -0.283. The van der Waals surface area contributed by atoms with Gasteiger partial charge in [-0.25, -0.2) is 0 Å². The third-order valence-corrected chi connectivity index (χ3v) is 5.20. The maximum absolute atomic E-state index is 12.9. The lowest BCUT2D eigenvalue weighted by Crippen LogP contribution is -2.14. The van der Waals surface area contributed by atoms with Gasteiger partial charge in [0.05, 0.1) is 17.7 Å². The molecule has 0 fully saturated rings. The Morgan fingerprint density at radius 2 is 1.72 bits per heavy atom. The number of alkyl halides is 1. The topological polar surface area (TPSA) is 71.2 Å². The van der Waals surface area contributed by atoms with Crippen molar-refractivity contribution in [1.29, 1.82) is 0 Å². The Balaban J connectivity index is 1.63. The van der Waals surface area contributed by atoms with Gasteiger partial charge in [0.2, 0.25) is 0 Å². The smallest absolute Gasteiger partial charge is 0.257 e. The zero-order valence-corrected chi connectivity index (χ0v) is 17.2. The summed E-state index contributed by atoms with van der Waals surface area (Å²) in [6, 6.07) is 19.7. The lowest BCUT2D eigenvalue weighted by Gasteiger charge is -2.10. The number of halogens is 1. The normalized spacial score (nSPS) is 10.9. The third kappa shape index (κ3) is 4.03. The Morgan fingerprint density at radius 1 is 0.966 bits per heavy atom. The molecule has 4 rings (SSSR count). The first kappa shape index (κ1) is 19.2. The molecular weight excluding hydrogens is 432 g/mol. The molecule has 0 saturated heterocycles. The number of nitrogens with one attached hydrogen (secondary N) is 2. The van der Waals surface area contributed by atoms with E-state index in [0.717, 1.165) is 17.5 Å². The van der Waals surface area contributed by atoms with Gasteiger partial charge in [-0.15, -0.1) is 0 Å². The summed E-state index contributed by atoms with van der Waals surface area (Å²) in [5.41, 5.74) is 2.22. The maximum Gasteiger partial charge on any atom is 0.257 e. The predicted molar refractivity (Wildman–Crippen MR) is 120 cm³/mol. The van der Waals surface area contributed by atoms with Crippen LogP contribution in [0.2, 0.25) is 0 Å². The van der Waals surface area contributed by atoms with Gasteiger partial charge in [-0.3, -0.25) is 9.59 Å². The van der Waals surface area contributed by atoms with Crippen molar-refractivity contribution in [2.45, 2.75) is 6.42 Å². The second-order valence-corrected chi connectivity index (χ2v) is 7.39. The number of amides is 1. The van der Waals surface area contributed by atoms with Crippen molar-refractivity contribution in [1.82, 2.24) is 4.98 Å². The van der Waals surface area contributed by atoms with Crippen molar-refractivity contribution < 1.29 is 9.53 Å². The number of benzene rings is 3. The number of hydrogen-bond donors (Lipinski definition) is 2. The summed E-state index contributed by atoms with van der Waals surface area (Å²) in [4.78, 5) is 28.9. The number of rotatable bonds is 6. The van der Waals surface area contributed by atoms with Crippen LogP contribution in [0.5, 0.6) is 5.75 Å². The minimum Gasteiger partial charge on any atom is -0.494 e. The number of aromatic nitrogens is 1. The Hall–Kier alpha value is -3.12. The van der Waals surface area contributed by atoms with Gasteiger partial charge in [0, 0.05) is 27.3 Å². The molecule has 5 nitrogen and oxygen atoms in total. The number of fused-ring (bicyclic) bond motifs is 2. The molecule has 3 aromatic carbocycles. The molecule has 1 aromatic heterocycles. The zero-order valence-electron chi connectivity index (χ0n) is 15.6. The quantitative estimate of drug-likeness (QED) is 0.244. The molecule has 4 aromatic rings. The lowest BCUT2D eigenvalue weighted by atomic mass is 10.1. The molecule has 146 valence electrons. The maximum atomic E-state index is 12.9. The predicted octanol–water partition coefficient (Wildman–Crippen LogP) is 5.10. The van der Waals surface area contributed by atoms with Crippen LogP contribution >= 0.6 is 15.9 Å². The molecule has 0 unspecified atom stereocenters. The van der Waals surface area contributed by atoms with E-state index in [1.165, 1.54) is 0 Å². The molecule has 0 aliphatic carbocycles. The van der Waals surface area contributed by atoms with Crippen LogP contribution in [0.1, 0.15) is 16.8 Å². The average molecular weight is 451 g/mol. The first-order valence-corrected chi connectivity index (χ1v) is 10.4. The second kappa shape index (κ2) is 8.49. The SMILES string of the molecule is O=C(Nc1ccc(OCCCBr)cc1)c1cccc2c(=O)c3ccccc3[nH]c12. The van der Waals surface area contributed by atoms with Crippen LogP contribution in [-0.2, 0) is 0 Å². The van der Waals surface area contributed by atoms with Crippen LogP contribution < -0.4 is 15.5 Å². The molecular formula is C23H19BrN2O3. The first-order valence-electron chi connectivity index (χ1n) is 9.31. The van der Waals surface area contributed by atoms with Crippen LogP contribution in [0.4, 0.5) is 5.69 Å². The number of pyridine rings is 1. The average Bonchev–Trinajstić information content (AvgIpc) is 2.75. The molecule has 0 atom stereocenters. The summed E-state index contributed by atoms with van der Waals surface area (Å²) < 4.78 is 5.62. The molecule has 6 heteroatoms. The molecule has 1 amide bonds. The highest BCUT2D eigenvalue weighted by atomic mass is 79.9. The summed E-state index contributed by atoms with van der Waals surface area (Å²) in [5, 5.41) is 4.88. The van der Waals surface area contributed by atoms with Crippen molar-refractivity contribution in [2.75, 3.05) is 17.3 Å². The van der Waals surface area contributed by atoms with E-state index in [1.54, 1.807) is 36.4 Å². The Bertz CT molecular complexity index is 1230. The van der Waals surface area contributed by atoms with Gasteiger partial charge >= 0.3 is 0 Å². The van der Waals surface area contributed by atoms with Crippen molar-refractivity contribution in [3.63, 3.8) is 0 Å². The standard InChI is InChI=1S/C23H19BrN2O3/c24-13-4-14-29-16-11-9-15(10-12-16)25-23(28)19-7-3-6-18-21(19)26-20-8-2-1-5-17(20)22(18)27/h1-3,5-12H,4,13-14H2,(H,25,28)(H,26,27). The van der Waals surface area contributed by atoms with Crippen molar-refractivity contribution in [2.24, 2.45) is 0 Å². The number of para-hydroxylation sites is 2. The van der Waals surface area contributed by atoms with Gasteiger partial charge in [-0.05, 0) is 55.0 Å². The van der Waals surface area contributed by atoms with E-state index in [0.29, 0.717) is 39.7 Å². The highest BCUT2D eigenvalue weighted by Gasteiger charge is 2.14. The molecule has 0 radical (unpaired) electrons. The molecule has 1 heterocycles. The van der Waals surface area contributed by atoms with Crippen LogP contribution in [-0.4, -0.2) is 22.8 Å². The summed E-state index contributed by atoms with van der Waals surface area (Å²) in [6.45, 7) is 0.633. The van der Waals surface area contributed by atoms with Gasteiger partial charge in [0.15, 0.2) is 5.43 Å². The highest BCUT2D eigenvalue weighted by Crippen LogP contribution is 2.21. The summed E-state index contributed by atoms with van der Waals surface area (Å²) in [5.74, 6) is 0.472. The number of carbonyl (C=O) groups excluding carboxylic acids is 1. The largest absolute Gasteiger partial charge is 0.494 e. The summed E-state index contributed by atoms with van der Waals surface area (Å²) in [7, 11) is 0. The van der Waals surface area contributed by atoms with Gasteiger partial charge in [-0.2, -0.15) is 0 Å². The molecule has 2 N–H and O–H groups in total. The van der Waals surface area contributed by atoms with E-state index in [2.05, 4.69) is 26.2 Å². The van der Waals surface area contributed by atoms with Crippen molar-refractivity contribution in [3.05, 3.63) is 82.5 Å². The number of hydrogen-bond acceptors (Lipinski definition) is 3. The Labute approximate surface area is 175 Å². The second-order valence-electron chi connectivity index (χ2n) is 6.60. The molecule has 0 aliphatic rings. The van der Waals surface area contributed by atoms with Crippen LogP contribution in [0.25, 0.3) is 21.8 Å². The number of aromatic amines is 1. The molecule has 0 saturated carbocycles. The number of anilines is 1.